The zero-order valence-corrected chi connectivity index (χ0v) is 11.6. The first-order valence-electron chi connectivity index (χ1n) is 5.93. The third-order valence-corrected chi connectivity index (χ3v) is 2.91. The lowest BCUT2D eigenvalue weighted by Gasteiger charge is -2.01. The number of benzene rings is 2. The topological polar surface area (TPSA) is 99.6 Å². The summed E-state index contributed by atoms with van der Waals surface area (Å²) in [6.07, 6.45) is 1.95. The zero-order chi connectivity index (χ0) is 15.3. The third-order valence-electron chi connectivity index (χ3n) is 2.52. The maximum absolute atomic E-state index is 10.2. The van der Waals surface area contributed by atoms with Crippen LogP contribution in [0.1, 0.15) is 0 Å². The number of hydrogen-bond acceptors (Lipinski definition) is 4. The molecule has 2 aromatic carbocycles. The number of phenolic OH excluding ortho intramolecular Hbond substituents is 1. The van der Waals surface area contributed by atoms with E-state index in [2.05, 4.69) is 27.4 Å². The van der Waals surface area contributed by atoms with E-state index in [0.29, 0.717) is 0 Å². The van der Waals surface area contributed by atoms with Crippen LogP contribution in [0.2, 0.25) is 0 Å². The fourth-order valence-corrected chi connectivity index (χ4v) is 2.00. The number of hydrogen-bond donors (Lipinski definition) is 3. The molecule has 21 heavy (non-hydrogen) atoms. The molecule has 0 atom stereocenters. The Kier molecular flexibility index (Phi) is 4.46. The Morgan fingerprint density at radius 1 is 0.952 bits per heavy atom. The molecule has 0 saturated heterocycles. The molecular weight excluding hydrogens is 294 g/mol. The molecule has 0 spiro atoms. The number of aromatic nitrogens is 1. The quantitative estimate of drug-likeness (QED) is 0.632. The van der Waals surface area contributed by atoms with Crippen molar-refractivity contribution in [2.24, 2.45) is 0 Å². The van der Waals surface area contributed by atoms with Gasteiger partial charge in [-0.15, -0.1) is 0 Å². The highest BCUT2D eigenvalue weighted by Crippen LogP contribution is 2.25. The predicted molar refractivity (Wildman–Crippen MR) is 78.6 cm³/mol. The van der Waals surface area contributed by atoms with Crippen LogP contribution >= 0.6 is 0 Å². The highest BCUT2D eigenvalue weighted by molar-refractivity contribution is 7.81. The zero-order valence-electron chi connectivity index (χ0n) is 10.8. The van der Waals surface area contributed by atoms with Crippen molar-refractivity contribution >= 4 is 21.3 Å². The Morgan fingerprint density at radius 3 is 2.29 bits per heavy atom. The molecule has 0 amide bonds. The molecule has 7 heteroatoms. The highest BCUT2D eigenvalue weighted by atomic mass is 32.3. The molecule has 0 unspecified atom stereocenters. The van der Waals surface area contributed by atoms with Gasteiger partial charge in [0.15, 0.2) is 11.5 Å². The van der Waals surface area contributed by atoms with Gasteiger partial charge in [0.05, 0.1) is 0 Å². The van der Waals surface area contributed by atoms with Crippen LogP contribution in [0, 0.1) is 0 Å². The average Bonchev–Trinajstić information content (AvgIpc) is 2.89. The minimum atomic E-state index is -4.56. The van der Waals surface area contributed by atoms with Gasteiger partial charge in [0.1, 0.15) is 0 Å². The first-order chi connectivity index (χ1) is 9.96. The van der Waals surface area contributed by atoms with Crippen LogP contribution < -0.4 is 4.18 Å². The first-order valence-corrected chi connectivity index (χ1v) is 7.29. The third kappa shape index (κ3) is 4.51. The van der Waals surface area contributed by atoms with Gasteiger partial charge < -0.3 is 14.3 Å². The van der Waals surface area contributed by atoms with Gasteiger partial charge in [-0.05, 0) is 29.7 Å². The minimum Gasteiger partial charge on any atom is -0.504 e. The van der Waals surface area contributed by atoms with E-state index in [9.17, 15) is 8.42 Å². The van der Waals surface area contributed by atoms with E-state index in [1.54, 1.807) is 0 Å². The van der Waals surface area contributed by atoms with Gasteiger partial charge in [-0.25, -0.2) is 0 Å². The van der Waals surface area contributed by atoms with Crippen LogP contribution in [-0.2, 0) is 10.4 Å². The maximum atomic E-state index is 10.2. The number of H-pyrrole nitrogens is 1. The smallest absolute Gasteiger partial charge is 0.446 e. The maximum Gasteiger partial charge on any atom is 0.446 e. The molecule has 0 fully saturated rings. The molecule has 0 radical (unpaired) electrons. The summed E-state index contributed by atoms with van der Waals surface area (Å²) in [6, 6.07) is 15.7. The Morgan fingerprint density at radius 2 is 1.62 bits per heavy atom. The Balaban J connectivity index is 0.000000159. The molecule has 3 rings (SSSR count). The number of nitrogens with one attached hydrogen (secondary N) is 1. The van der Waals surface area contributed by atoms with Crippen LogP contribution in [0.3, 0.4) is 0 Å². The van der Waals surface area contributed by atoms with Crippen LogP contribution in [0.25, 0.3) is 10.9 Å². The fourth-order valence-electron chi connectivity index (χ4n) is 1.64. The van der Waals surface area contributed by atoms with Crippen LogP contribution in [0.4, 0.5) is 0 Å². The molecule has 0 aliphatic heterocycles. The van der Waals surface area contributed by atoms with Crippen LogP contribution in [-0.4, -0.2) is 23.1 Å². The number of fused-ring (bicyclic) bond motifs is 1. The Labute approximate surface area is 121 Å². The summed E-state index contributed by atoms with van der Waals surface area (Å²) in [5.41, 5.74) is 1.21. The molecule has 1 aromatic heterocycles. The summed E-state index contributed by atoms with van der Waals surface area (Å²) in [5.74, 6) is -0.657. The van der Waals surface area contributed by atoms with Gasteiger partial charge in [0.2, 0.25) is 0 Å². The van der Waals surface area contributed by atoms with E-state index >= 15 is 0 Å². The number of aromatic amines is 1. The molecule has 0 saturated carbocycles. The van der Waals surface area contributed by atoms with E-state index in [4.69, 9.17) is 9.66 Å². The lowest BCUT2D eigenvalue weighted by molar-refractivity contribution is 0.371. The van der Waals surface area contributed by atoms with Gasteiger partial charge in [0.25, 0.3) is 0 Å². The van der Waals surface area contributed by atoms with Gasteiger partial charge in [-0.2, -0.15) is 8.42 Å². The normalized spacial score (nSPS) is 10.7. The van der Waals surface area contributed by atoms with E-state index in [1.807, 2.05) is 18.3 Å². The summed E-state index contributed by atoms with van der Waals surface area (Å²) in [6.45, 7) is 0. The van der Waals surface area contributed by atoms with Gasteiger partial charge in [0, 0.05) is 11.7 Å². The van der Waals surface area contributed by atoms with Crippen molar-refractivity contribution < 1.29 is 22.3 Å². The van der Waals surface area contributed by atoms with Gasteiger partial charge in [-0.3, -0.25) is 4.55 Å². The highest BCUT2D eigenvalue weighted by Gasteiger charge is 2.09. The number of phenols is 1. The predicted octanol–water partition coefficient (Wildman–Crippen LogP) is 2.74. The lowest BCUT2D eigenvalue weighted by Crippen LogP contribution is -2.06. The molecule has 3 aromatic rings. The summed E-state index contributed by atoms with van der Waals surface area (Å²) < 4.78 is 32.6. The molecule has 6 nitrogen and oxygen atoms in total. The Bertz CT molecular complexity index is 796. The van der Waals surface area contributed by atoms with E-state index in [1.165, 1.54) is 35.2 Å². The molecule has 110 valence electrons. The number of aromatic hydroxyl groups is 1. The van der Waals surface area contributed by atoms with Crippen molar-refractivity contribution in [2.75, 3.05) is 0 Å². The van der Waals surface area contributed by atoms with Crippen molar-refractivity contribution in [3.8, 4) is 11.5 Å². The molecule has 0 aliphatic rings. The lowest BCUT2D eigenvalue weighted by atomic mass is 10.3. The number of para-hydroxylation sites is 3. The van der Waals surface area contributed by atoms with Crippen molar-refractivity contribution in [2.45, 2.75) is 0 Å². The summed E-state index contributed by atoms with van der Waals surface area (Å²) in [5, 5.41) is 10.2. The number of rotatable bonds is 2. The van der Waals surface area contributed by atoms with Gasteiger partial charge in [-0.1, -0.05) is 30.3 Å². The minimum absolute atomic E-state index is 0.306. The van der Waals surface area contributed by atoms with E-state index in [0.717, 1.165) is 0 Å². The van der Waals surface area contributed by atoms with Gasteiger partial charge >= 0.3 is 10.4 Å². The van der Waals surface area contributed by atoms with E-state index in [-0.39, 0.29) is 11.5 Å². The second-order valence-electron chi connectivity index (χ2n) is 4.04. The largest absolute Gasteiger partial charge is 0.504 e. The van der Waals surface area contributed by atoms with Crippen molar-refractivity contribution in [1.29, 1.82) is 0 Å². The SMILES string of the molecule is O=S(=O)(O)Oc1ccccc1O.c1ccc2[nH]ccc2c1. The standard InChI is InChI=1S/C8H7N.C6H6O5S/c1-2-4-8-7(3-1)5-6-9-8;7-5-3-1-2-4-6(5)11-12(8,9)10/h1-6,9H;1-4,7H,(H,8,9,10). The van der Waals surface area contributed by atoms with Crippen molar-refractivity contribution in [1.82, 2.24) is 4.98 Å². The monoisotopic (exact) mass is 307 g/mol. The second kappa shape index (κ2) is 6.29. The average molecular weight is 307 g/mol. The van der Waals surface area contributed by atoms with Crippen LogP contribution in [0.5, 0.6) is 11.5 Å². The Hall–Kier alpha value is -2.51. The molecule has 1 heterocycles. The van der Waals surface area contributed by atoms with E-state index < -0.39 is 10.4 Å². The van der Waals surface area contributed by atoms with Crippen molar-refractivity contribution in [3.63, 3.8) is 0 Å². The summed E-state index contributed by atoms with van der Waals surface area (Å²) in [7, 11) is -4.56. The molecule has 3 N–H and O–H groups in total. The molecule has 0 aliphatic carbocycles. The first kappa shape index (κ1) is 14.9. The van der Waals surface area contributed by atoms with Crippen LogP contribution in [0.15, 0.2) is 60.8 Å². The fraction of sp³-hybridized carbons (Fsp3) is 0. The summed E-state index contributed by atoms with van der Waals surface area (Å²) in [4.78, 5) is 3.12. The van der Waals surface area contributed by atoms with Crippen molar-refractivity contribution in [3.05, 3.63) is 60.8 Å². The molecular formula is C14H13NO5S. The molecule has 0 bridgehead atoms. The summed E-state index contributed by atoms with van der Waals surface area (Å²) >= 11 is 0. The second-order valence-corrected chi connectivity index (χ2v) is 5.07.